The van der Waals surface area contributed by atoms with Gasteiger partial charge in [0.1, 0.15) is 12.0 Å². The van der Waals surface area contributed by atoms with Crippen LogP contribution in [0, 0.1) is 12.8 Å². The van der Waals surface area contributed by atoms with Crippen molar-refractivity contribution in [1.29, 1.82) is 0 Å². The molecule has 2 aliphatic heterocycles. The van der Waals surface area contributed by atoms with Crippen molar-refractivity contribution in [2.45, 2.75) is 13.0 Å². The Hall–Kier alpha value is -2.70. The van der Waals surface area contributed by atoms with Crippen LogP contribution in [0.25, 0.3) is 0 Å². The Morgan fingerprint density at radius 2 is 2.00 bits per heavy atom. The number of rotatable bonds is 2. The number of nitrogens with one attached hydrogen (secondary N) is 1. The molecule has 1 fully saturated rings. The molecule has 0 saturated carbocycles. The van der Waals surface area contributed by atoms with Gasteiger partial charge < -0.3 is 4.74 Å². The van der Waals surface area contributed by atoms with E-state index in [1.165, 1.54) is 7.11 Å². The summed E-state index contributed by atoms with van der Waals surface area (Å²) in [6.45, 7) is 1.81. The van der Waals surface area contributed by atoms with Gasteiger partial charge >= 0.3 is 5.97 Å². The van der Waals surface area contributed by atoms with Crippen LogP contribution in [0.15, 0.2) is 29.4 Å². The molecule has 0 spiro atoms. The summed E-state index contributed by atoms with van der Waals surface area (Å²) in [5.41, 5.74) is 3.82. The number of esters is 1. The molecule has 2 aliphatic rings. The molecule has 108 valence electrons. The fraction of sp³-hybridized carbons (Fsp3) is 0.286. The molecule has 21 heavy (non-hydrogen) atoms. The second-order valence-electron chi connectivity index (χ2n) is 4.87. The molecular weight excluding hydrogens is 274 g/mol. The first-order valence-electron chi connectivity index (χ1n) is 6.41. The van der Waals surface area contributed by atoms with Crippen molar-refractivity contribution in [3.8, 4) is 0 Å². The third kappa shape index (κ3) is 1.81. The second kappa shape index (κ2) is 4.69. The molecule has 0 radical (unpaired) electrons. The lowest BCUT2D eigenvalue weighted by Gasteiger charge is -2.17. The number of anilines is 1. The Morgan fingerprint density at radius 1 is 1.29 bits per heavy atom. The predicted octanol–water partition coefficient (Wildman–Crippen LogP) is -0.0148. The molecule has 1 aromatic rings. The molecule has 7 heteroatoms. The van der Waals surface area contributed by atoms with Crippen LogP contribution in [-0.2, 0) is 19.1 Å². The van der Waals surface area contributed by atoms with Gasteiger partial charge in [-0.25, -0.2) is 9.69 Å². The Bertz CT molecular complexity index is 683. The molecule has 2 atom stereocenters. The highest BCUT2D eigenvalue weighted by Crippen LogP contribution is 2.32. The van der Waals surface area contributed by atoms with Crippen LogP contribution in [0.1, 0.15) is 5.56 Å². The summed E-state index contributed by atoms with van der Waals surface area (Å²) in [4.78, 5) is 37.7. The maximum absolute atomic E-state index is 12.6. The van der Waals surface area contributed by atoms with Crippen LogP contribution in [0.4, 0.5) is 5.69 Å². The van der Waals surface area contributed by atoms with Crippen LogP contribution in [0.3, 0.4) is 0 Å². The number of nitrogens with zero attached hydrogens (tertiary/aromatic N) is 2. The van der Waals surface area contributed by atoms with Gasteiger partial charge in [-0.1, -0.05) is 18.2 Å². The summed E-state index contributed by atoms with van der Waals surface area (Å²) in [6, 6.07) is 6.24. The number of imide groups is 1. The average Bonchev–Trinajstić information content (AvgIpc) is 3.01. The molecule has 1 N–H and O–H groups in total. The van der Waals surface area contributed by atoms with Gasteiger partial charge in [0.25, 0.3) is 5.91 Å². The van der Waals surface area contributed by atoms with Gasteiger partial charge in [-0.3, -0.25) is 15.0 Å². The van der Waals surface area contributed by atoms with E-state index in [2.05, 4.69) is 15.3 Å². The zero-order valence-corrected chi connectivity index (χ0v) is 11.5. The van der Waals surface area contributed by atoms with Gasteiger partial charge in [-0.05, 0) is 18.6 Å². The van der Waals surface area contributed by atoms with Crippen molar-refractivity contribution in [3.05, 3.63) is 29.8 Å². The van der Waals surface area contributed by atoms with E-state index in [1.54, 1.807) is 12.1 Å². The Kier molecular flexibility index (Phi) is 2.97. The fourth-order valence-electron chi connectivity index (χ4n) is 2.61. The average molecular weight is 287 g/mol. The van der Waals surface area contributed by atoms with Gasteiger partial charge in [0.2, 0.25) is 5.91 Å². The van der Waals surface area contributed by atoms with Crippen molar-refractivity contribution in [2.75, 3.05) is 12.0 Å². The normalized spacial score (nSPS) is 23.7. The summed E-state index contributed by atoms with van der Waals surface area (Å²) >= 11 is 0. The number of ether oxygens (including phenoxy) is 1. The van der Waals surface area contributed by atoms with Gasteiger partial charge in [-0.2, -0.15) is 5.10 Å². The minimum absolute atomic E-state index is 0.0584. The topological polar surface area (TPSA) is 88.1 Å². The highest BCUT2D eigenvalue weighted by molar-refractivity contribution is 6.46. The Balaban J connectivity index is 2.00. The summed E-state index contributed by atoms with van der Waals surface area (Å²) in [6.07, 6.45) is 0. The number of methoxy groups -OCH3 is 1. The van der Waals surface area contributed by atoms with Crippen LogP contribution >= 0.6 is 0 Å². The fourth-order valence-corrected chi connectivity index (χ4v) is 2.61. The maximum atomic E-state index is 12.6. The molecule has 7 nitrogen and oxygen atoms in total. The quantitative estimate of drug-likeness (QED) is 0.610. The number of hydrogen-bond acceptors (Lipinski definition) is 6. The van der Waals surface area contributed by atoms with E-state index >= 15 is 0 Å². The third-order valence-corrected chi connectivity index (χ3v) is 3.68. The summed E-state index contributed by atoms with van der Waals surface area (Å²) in [5, 5.41) is 3.77. The minimum Gasteiger partial charge on any atom is -0.464 e. The molecule has 2 amide bonds. The van der Waals surface area contributed by atoms with Crippen molar-refractivity contribution in [2.24, 2.45) is 11.0 Å². The molecule has 0 aliphatic carbocycles. The molecule has 0 unspecified atom stereocenters. The van der Waals surface area contributed by atoms with Crippen molar-refractivity contribution >= 4 is 29.2 Å². The molecule has 0 bridgehead atoms. The highest BCUT2D eigenvalue weighted by Gasteiger charge is 2.55. The number of hydrogen-bond donors (Lipinski definition) is 1. The maximum Gasteiger partial charge on any atom is 0.355 e. The number of fused-ring (bicyclic) bond motifs is 1. The van der Waals surface area contributed by atoms with Gasteiger partial charge in [-0.15, -0.1) is 0 Å². The van der Waals surface area contributed by atoms with E-state index in [0.29, 0.717) is 5.69 Å². The monoisotopic (exact) mass is 287 g/mol. The van der Waals surface area contributed by atoms with Crippen LogP contribution in [0.2, 0.25) is 0 Å². The molecular formula is C14H13N3O4. The smallest absolute Gasteiger partial charge is 0.355 e. The second-order valence-corrected chi connectivity index (χ2v) is 4.87. The van der Waals surface area contributed by atoms with Gasteiger partial charge in [0.15, 0.2) is 5.71 Å². The molecule has 1 saturated heterocycles. The van der Waals surface area contributed by atoms with Gasteiger partial charge in [0, 0.05) is 0 Å². The van der Waals surface area contributed by atoms with Crippen molar-refractivity contribution < 1.29 is 19.1 Å². The molecule has 0 aromatic heterocycles. The van der Waals surface area contributed by atoms with Crippen LogP contribution in [-0.4, -0.2) is 36.6 Å². The lowest BCUT2D eigenvalue weighted by atomic mass is 9.99. The first-order chi connectivity index (χ1) is 10.1. The number of aryl methyl sites for hydroxylation is 1. The first-order valence-corrected chi connectivity index (χ1v) is 6.41. The first kappa shape index (κ1) is 13.3. The van der Waals surface area contributed by atoms with Crippen molar-refractivity contribution in [3.63, 3.8) is 0 Å². The predicted molar refractivity (Wildman–Crippen MR) is 73.5 cm³/mol. The Labute approximate surface area is 120 Å². The Morgan fingerprint density at radius 3 is 2.67 bits per heavy atom. The van der Waals surface area contributed by atoms with E-state index < -0.39 is 29.7 Å². The lowest BCUT2D eigenvalue weighted by Crippen LogP contribution is -2.36. The van der Waals surface area contributed by atoms with E-state index in [4.69, 9.17) is 0 Å². The highest BCUT2D eigenvalue weighted by atomic mass is 16.5. The summed E-state index contributed by atoms with van der Waals surface area (Å²) in [5.74, 6) is -2.51. The molecule has 2 heterocycles. The standard InChI is InChI=1S/C14H13N3O4/c1-7-5-3-4-6-8(7)17-12(18)9-10(13(17)19)15-16-11(9)14(20)21-2/h3-6,9-10,15H,1-2H3/t9-,10+/m1/s1. The number of para-hydroxylation sites is 1. The molecule has 1 aromatic carbocycles. The number of amides is 2. The number of carbonyl (C=O) groups excluding carboxylic acids is 3. The lowest BCUT2D eigenvalue weighted by molar-refractivity contribution is -0.133. The number of benzene rings is 1. The number of hydrazone groups is 1. The van der Waals surface area contributed by atoms with E-state index in [1.807, 2.05) is 19.1 Å². The SMILES string of the molecule is COC(=O)C1=NN[C@@H]2C(=O)N(c3ccccc3C)C(=O)[C@@H]12. The number of carbonyl (C=O) groups is 3. The summed E-state index contributed by atoms with van der Waals surface area (Å²) in [7, 11) is 1.21. The zero-order valence-electron chi connectivity index (χ0n) is 11.5. The third-order valence-electron chi connectivity index (χ3n) is 3.68. The van der Waals surface area contributed by atoms with Crippen molar-refractivity contribution in [1.82, 2.24) is 5.43 Å². The summed E-state index contributed by atoms with van der Waals surface area (Å²) < 4.78 is 4.60. The van der Waals surface area contributed by atoms with E-state index in [9.17, 15) is 14.4 Å². The van der Waals surface area contributed by atoms with E-state index in [-0.39, 0.29) is 5.71 Å². The van der Waals surface area contributed by atoms with Crippen LogP contribution < -0.4 is 10.3 Å². The van der Waals surface area contributed by atoms with E-state index in [0.717, 1.165) is 10.5 Å². The zero-order chi connectivity index (χ0) is 15.1. The molecule has 3 rings (SSSR count). The minimum atomic E-state index is -0.926. The van der Waals surface area contributed by atoms with Crippen LogP contribution in [0.5, 0.6) is 0 Å². The largest absolute Gasteiger partial charge is 0.464 e. The van der Waals surface area contributed by atoms with Gasteiger partial charge in [0.05, 0.1) is 12.8 Å².